The van der Waals surface area contributed by atoms with Crippen LogP contribution >= 0.6 is 0 Å². The maximum atomic E-state index is 13.1. The third-order valence-electron chi connectivity index (χ3n) is 3.29. The molecule has 0 bridgehead atoms. The van der Waals surface area contributed by atoms with Crippen LogP contribution in [0.15, 0.2) is 42.5 Å². The van der Waals surface area contributed by atoms with E-state index in [0.717, 1.165) is 16.9 Å². The number of nitrogens with one attached hydrogen (secondary N) is 1. The van der Waals surface area contributed by atoms with Gasteiger partial charge in [-0.3, -0.25) is 0 Å². The van der Waals surface area contributed by atoms with Crippen LogP contribution in [-0.4, -0.2) is 14.5 Å². The highest BCUT2D eigenvalue weighted by atomic mass is 19.1. The van der Waals surface area contributed by atoms with Crippen LogP contribution in [0.5, 0.6) is 0 Å². The summed E-state index contributed by atoms with van der Waals surface area (Å²) in [5.41, 5.74) is 2.02. The van der Waals surface area contributed by atoms with E-state index in [1.807, 2.05) is 42.8 Å². The second-order valence-electron chi connectivity index (χ2n) is 4.73. The Morgan fingerprint density at radius 1 is 1.10 bits per heavy atom. The largest absolute Gasteiger partial charge is 0.360 e. The van der Waals surface area contributed by atoms with Gasteiger partial charge < -0.3 is 9.88 Å². The van der Waals surface area contributed by atoms with E-state index < -0.39 is 5.95 Å². The highest BCUT2D eigenvalue weighted by Crippen LogP contribution is 2.21. The van der Waals surface area contributed by atoms with Crippen molar-refractivity contribution in [2.24, 2.45) is 7.05 Å². The van der Waals surface area contributed by atoms with Crippen LogP contribution in [0, 0.1) is 5.95 Å². The van der Waals surface area contributed by atoms with Gasteiger partial charge in [-0.05, 0) is 31.2 Å². The minimum atomic E-state index is -0.493. The van der Waals surface area contributed by atoms with Crippen LogP contribution < -0.4 is 5.32 Å². The summed E-state index contributed by atoms with van der Waals surface area (Å²) in [4.78, 5) is 8.42. The predicted octanol–water partition coefficient (Wildman–Crippen LogP) is 3.28. The Kier molecular flexibility index (Phi) is 3.10. The number of hydrogen-bond acceptors (Lipinski definition) is 3. The minimum Gasteiger partial charge on any atom is -0.360 e. The lowest BCUT2D eigenvalue weighted by Gasteiger charge is -2.14. The molecule has 0 saturated carbocycles. The van der Waals surface area contributed by atoms with Crippen LogP contribution in [0.1, 0.15) is 18.8 Å². The summed E-state index contributed by atoms with van der Waals surface area (Å²) in [5, 5.41) is 3.17. The van der Waals surface area contributed by atoms with Crippen molar-refractivity contribution in [1.29, 1.82) is 0 Å². The van der Waals surface area contributed by atoms with E-state index in [2.05, 4.69) is 15.3 Å². The molecule has 0 spiro atoms. The number of halogens is 1. The molecular weight excluding hydrogens is 255 g/mol. The molecule has 102 valence electrons. The summed E-state index contributed by atoms with van der Waals surface area (Å²) < 4.78 is 15.1. The first kappa shape index (κ1) is 12.6. The average Bonchev–Trinajstić information content (AvgIpc) is 2.77. The van der Waals surface area contributed by atoms with Crippen molar-refractivity contribution >= 4 is 16.9 Å². The van der Waals surface area contributed by atoms with Crippen LogP contribution in [0.2, 0.25) is 0 Å². The zero-order valence-corrected chi connectivity index (χ0v) is 11.3. The fourth-order valence-corrected chi connectivity index (χ4v) is 2.33. The van der Waals surface area contributed by atoms with Crippen LogP contribution in [0.3, 0.4) is 0 Å². The average molecular weight is 270 g/mol. The number of nitrogens with zero attached hydrogens (tertiary/aromatic N) is 3. The van der Waals surface area contributed by atoms with Gasteiger partial charge in [0.1, 0.15) is 11.6 Å². The Balaban J connectivity index is 1.92. The quantitative estimate of drug-likeness (QED) is 0.743. The Labute approximate surface area is 116 Å². The first-order valence-corrected chi connectivity index (χ1v) is 6.45. The summed E-state index contributed by atoms with van der Waals surface area (Å²) in [6.07, 6.45) is 0. The molecule has 1 atom stereocenters. The van der Waals surface area contributed by atoms with Gasteiger partial charge in [0.25, 0.3) is 0 Å². The van der Waals surface area contributed by atoms with E-state index in [-0.39, 0.29) is 6.04 Å². The predicted molar refractivity (Wildman–Crippen MR) is 76.9 cm³/mol. The molecular formula is C15H15FN4. The van der Waals surface area contributed by atoms with Gasteiger partial charge >= 0.3 is 0 Å². The molecule has 0 saturated heterocycles. The van der Waals surface area contributed by atoms with Crippen molar-refractivity contribution < 1.29 is 4.39 Å². The van der Waals surface area contributed by atoms with Crippen LogP contribution in [-0.2, 0) is 7.05 Å². The van der Waals surface area contributed by atoms with E-state index in [4.69, 9.17) is 0 Å². The molecule has 2 aromatic heterocycles. The molecule has 1 unspecified atom stereocenters. The normalized spacial score (nSPS) is 12.6. The Morgan fingerprint density at radius 3 is 2.65 bits per heavy atom. The highest BCUT2D eigenvalue weighted by molar-refractivity contribution is 5.76. The van der Waals surface area contributed by atoms with Gasteiger partial charge in [0.15, 0.2) is 0 Å². The summed E-state index contributed by atoms with van der Waals surface area (Å²) in [5.74, 6) is 0.897. The number of anilines is 1. The highest BCUT2D eigenvalue weighted by Gasteiger charge is 2.14. The molecule has 0 aliphatic heterocycles. The second kappa shape index (κ2) is 4.92. The zero-order valence-electron chi connectivity index (χ0n) is 11.3. The number of aromatic nitrogens is 3. The molecule has 0 aliphatic carbocycles. The molecule has 20 heavy (non-hydrogen) atoms. The van der Waals surface area contributed by atoms with E-state index in [0.29, 0.717) is 5.82 Å². The van der Waals surface area contributed by atoms with Crippen molar-refractivity contribution in [3.8, 4) is 0 Å². The Bertz CT molecular complexity index is 750. The molecule has 0 amide bonds. The van der Waals surface area contributed by atoms with Crippen LogP contribution in [0.25, 0.3) is 11.0 Å². The molecule has 2 heterocycles. The molecule has 1 N–H and O–H groups in total. The summed E-state index contributed by atoms with van der Waals surface area (Å²) in [7, 11) is 1.97. The molecule has 1 aromatic carbocycles. The number of imidazole rings is 1. The lowest BCUT2D eigenvalue weighted by Crippen LogP contribution is -2.13. The van der Waals surface area contributed by atoms with Gasteiger partial charge in [-0.1, -0.05) is 18.2 Å². The van der Waals surface area contributed by atoms with Crippen molar-refractivity contribution in [3.63, 3.8) is 0 Å². The first-order chi connectivity index (χ1) is 9.65. The maximum Gasteiger partial charge on any atom is 0.214 e. The Morgan fingerprint density at radius 2 is 1.90 bits per heavy atom. The van der Waals surface area contributed by atoms with Gasteiger partial charge in [0, 0.05) is 7.05 Å². The number of aryl methyl sites for hydroxylation is 1. The van der Waals surface area contributed by atoms with Gasteiger partial charge in [-0.2, -0.15) is 4.39 Å². The van der Waals surface area contributed by atoms with Crippen molar-refractivity contribution in [3.05, 3.63) is 54.2 Å². The lowest BCUT2D eigenvalue weighted by molar-refractivity contribution is 0.583. The number of hydrogen-bond donors (Lipinski definition) is 1. The third kappa shape index (κ3) is 2.22. The second-order valence-corrected chi connectivity index (χ2v) is 4.73. The van der Waals surface area contributed by atoms with Crippen LogP contribution in [0.4, 0.5) is 10.2 Å². The van der Waals surface area contributed by atoms with Gasteiger partial charge in [0.05, 0.1) is 17.1 Å². The lowest BCUT2D eigenvalue weighted by atomic mass is 10.3. The van der Waals surface area contributed by atoms with E-state index >= 15 is 0 Å². The topological polar surface area (TPSA) is 42.7 Å². The number of rotatable bonds is 3. The molecule has 0 aliphatic rings. The maximum absolute atomic E-state index is 13.1. The van der Waals surface area contributed by atoms with Gasteiger partial charge in [-0.25, -0.2) is 9.97 Å². The fraction of sp³-hybridized carbons (Fsp3) is 0.200. The number of benzene rings is 1. The monoisotopic (exact) mass is 270 g/mol. The number of pyridine rings is 1. The van der Waals surface area contributed by atoms with E-state index in [1.165, 1.54) is 6.07 Å². The fourth-order valence-electron chi connectivity index (χ4n) is 2.33. The smallest absolute Gasteiger partial charge is 0.214 e. The molecule has 0 radical (unpaired) electrons. The van der Waals surface area contributed by atoms with E-state index in [9.17, 15) is 4.39 Å². The molecule has 4 nitrogen and oxygen atoms in total. The Hall–Kier alpha value is -2.43. The van der Waals surface area contributed by atoms with Crippen molar-refractivity contribution in [2.75, 3.05) is 5.32 Å². The van der Waals surface area contributed by atoms with Crippen molar-refractivity contribution in [2.45, 2.75) is 13.0 Å². The van der Waals surface area contributed by atoms with Gasteiger partial charge in [-0.15, -0.1) is 0 Å². The summed E-state index contributed by atoms with van der Waals surface area (Å²) in [6.45, 7) is 1.98. The molecule has 0 fully saturated rings. The summed E-state index contributed by atoms with van der Waals surface area (Å²) in [6, 6.07) is 12.6. The zero-order chi connectivity index (χ0) is 14.1. The third-order valence-corrected chi connectivity index (χ3v) is 3.29. The van der Waals surface area contributed by atoms with Crippen molar-refractivity contribution in [1.82, 2.24) is 14.5 Å². The molecule has 3 rings (SSSR count). The minimum absolute atomic E-state index is 0.0679. The van der Waals surface area contributed by atoms with Gasteiger partial charge in [0.2, 0.25) is 5.95 Å². The molecule has 3 aromatic rings. The van der Waals surface area contributed by atoms with E-state index in [1.54, 1.807) is 12.1 Å². The standard InChI is InChI=1S/C15H15FN4/c1-10(17-14-9-5-8-13(16)19-14)15-18-11-6-3-4-7-12(11)20(15)2/h3-10H,1-2H3,(H,17,19). The molecule has 5 heteroatoms. The number of para-hydroxylation sites is 2. The SMILES string of the molecule is CC(Nc1cccc(F)n1)c1nc2ccccc2n1C. The summed E-state index contributed by atoms with van der Waals surface area (Å²) >= 11 is 0. The number of fused-ring (bicyclic) bond motifs is 1. The first-order valence-electron chi connectivity index (χ1n) is 6.45.